The second-order valence-electron chi connectivity index (χ2n) is 6.25. The topological polar surface area (TPSA) is 78.9 Å². The van der Waals surface area contributed by atoms with Crippen molar-refractivity contribution in [3.63, 3.8) is 0 Å². The molecule has 2 saturated heterocycles. The molecule has 120 valence electrons. The quantitative estimate of drug-likeness (QED) is 0.811. The van der Waals surface area contributed by atoms with Crippen LogP contribution in [0.1, 0.15) is 46.0 Å². The van der Waals surface area contributed by atoms with Crippen molar-refractivity contribution in [1.29, 1.82) is 0 Å². The number of nitrogens with zero attached hydrogens (tertiary/aromatic N) is 1. The van der Waals surface area contributed by atoms with E-state index in [0.717, 1.165) is 25.7 Å². The molecule has 0 radical (unpaired) electrons. The first-order valence-corrected chi connectivity index (χ1v) is 7.89. The van der Waals surface area contributed by atoms with Gasteiger partial charge in [-0.15, -0.1) is 0 Å². The van der Waals surface area contributed by atoms with Gasteiger partial charge < -0.3 is 20.1 Å². The number of amides is 2. The van der Waals surface area contributed by atoms with Gasteiger partial charge in [0.2, 0.25) is 0 Å². The summed E-state index contributed by atoms with van der Waals surface area (Å²) in [4.78, 5) is 24.4. The lowest BCUT2D eigenvalue weighted by atomic mass is 9.86. The number of hydrogen-bond acceptors (Lipinski definition) is 3. The average Bonchev–Trinajstić information content (AvgIpc) is 2.42. The van der Waals surface area contributed by atoms with Gasteiger partial charge >= 0.3 is 12.0 Å². The van der Waals surface area contributed by atoms with E-state index >= 15 is 0 Å². The van der Waals surface area contributed by atoms with Gasteiger partial charge in [0, 0.05) is 31.7 Å². The predicted molar refractivity (Wildman–Crippen MR) is 78.1 cm³/mol. The number of carboxylic acid groups (broad SMARTS) is 1. The monoisotopic (exact) mass is 298 g/mol. The largest absolute Gasteiger partial charge is 0.481 e. The van der Waals surface area contributed by atoms with Crippen molar-refractivity contribution in [2.45, 2.75) is 57.6 Å². The lowest BCUT2D eigenvalue weighted by Gasteiger charge is -2.43. The molecule has 0 aromatic heterocycles. The Morgan fingerprint density at radius 3 is 2.57 bits per heavy atom. The summed E-state index contributed by atoms with van der Waals surface area (Å²) in [6.07, 6.45) is 3.77. The summed E-state index contributed by atoms with van der Waals surface area (Å²) in [5, 5.41) is 11.8. The van der Waals surface area contributed by atoms with E-state index in [1.165, 1.54) is 0 Å². The first-order valence-electron chi connectivity index (χ1n) is 7.89. The minimum Gasteiger partial charge on any atom is -0.481 e. The van der Waals surface area contributed by atoms with Crippen LogP contribution in [-0.2, 0) is 9.53 Å². The third kappa shape index (κ3) is 3.87. The molecule has 2 heterocycles. The molecule has 0 aliphatic carbocycles. The van der Waals surface area contributed by atoms with Crippen LogP contribution >= 0.6 is 0 Å². The molecule has 0 aromatic rings. The lowest BCUT2D eigenvalue weighted by molar-refractivity contribution is -0.139. The number of nitrogens with one attached hydrogen (secondary N) is 1. The summed E-state index contributed by atoms with van der Waals surface area (Å²) in [6, 6.07) is 0.0920. The van der Waals surface area contributed by atoms with Gasteiger partial charge in [0.1, 0.15) is 0 Å². The second kappa shape index (κ2) is 6.64. The number of aliphatic carboxylic acids is 1. The number of urea groups is 1. The Morgan fingerprint density at radius 2 is 2.00 bits per heavy atom. The molecule has 21 heavy (non-hydrogen) atoms. The first-order chi connectivity index (χ1) is 9.98. The number of rotatable bonds is 5. The predicted octanol–water partition coefficient (Wildman–Crippen LogP) is 1.84. The van der Waals surface area contributed by atoms with E-state index in [1.54, 1.807) is 4.90 Å². The fourth-order valence-electron chi connectivity index (χ4n) is 3.27. The average molecular weight is 298 g/mol. The molecule has 2 aliphatic rings. The molecule has 2 N–H and O–H groups in total. The molecular formula is C15H26N2O4. The van der Waals surface area contributed by atoms with Crippen molar-refractivity contribution in [3.05, 3.63) is 0 Å². The minimum atomic E-state index is -0.792. The highest BCUT2D eigenvalue weighted by molar-refractivity contribution is 5.76. The van der Waals surface area contributed by atoms with Crippen molar-refractivity contribution in [2.24, 2.45) is 5.92 Å². The maximum atomic E-state index is 12.1. The fraction of sp³-hybridized carbons (Fsp3) is 0.867. The van der Waals surface area contributed by atoms with Gasteiger partial charge in [-0.25, -0.2) is 4.79 Å². The third-order valence-corrected chi connectivity index (χ3v) is 4.82. The van der Waals surface area contributed by atoms with Gasteiger partial charge in [-0.05, 0) is 25.7 Å². The van der Waals surface area contributed by atoms with Crippen LogP contribution in [0.5, 0.6) is 0 Å². The second-order valence-corrected chi connectivity index (χ2v) is 6.25. The van der Waals surface area contributed by atoms with Crippen LogP contribution in [0, 0.1) is 5.92 Å². The number of ether oxygens (including phenoxy) is 1. The molecule has 1 atom stereocenters. The number of likely N-dealkylation sites (tertiary alicyclic amines) is 1. The Hall–Kier alpha value is -1.30. The summed E-state index contributed by atoms with van der Waals surface area (Å²) in [5.41, 5.74) is -0.100. The van der Waals surface area contributed by atoms with Crippen LogP contribution < -0.4 is 5.32 Å². The van der Waals surface area contributed by atoms with Crippen LogP contribution in [0.25, 0.3) is 0 Å². The molecule has 0 spiro atoms. The normalized spacial score (nSPS) is 25.2. The minimum absolute atomic E-state index is 0.0651. The summed E-state index contributed by atoms with van der Waals surface area (Å²) < 4.78 is 5.91. The van der Waals surface area contributed by atoms with Gasteiger partial charge in [0.25, 0.3) is 0 Å². The van der Waals surface area contributed by atoms with Crippen molar-refractivity contribution in [2.75, 3.05) is 19.7 Å². The van der Waals surface area contributed by atoms with Gasteiger partial charge in [0.15, 0.2) is 0 Å². The van der Waals surface area contributed by atoms with E-state index in [-0.39, 0.29) is 30.0 Å². The smallest absolute Gasteiger partial charge is 0.317 e. The van der Waals surface area contributed by atoms with E-state index < -0.39 is 5.97 Å². The molecule has 1 unspecified atom stereocenters. The Bertz CT molecular complexity index is 389. The van der Waals surface area contributed by atoms with E-state index in [1.807, 2.05) is 0 Å². The van der Waals surface area contributed by atoms with Crippen LogP contribution in [0.2, 0.25) is 0 Å². The van der Waals surface area contributed by atoms with Crippen molar-refractivity contribution >= 4 is 12.0 Å². The van der Waals surface area contributed by atoms with Crippen molar-refractivity contribution in [3.8, 4) is 0 Å². The maximum absolute atomic E-state index is 12.1. The molecule has 0 aromatic carbocycles. The number of carbonyl (C=O) groups excluding carboxylic acids is 1. The maximum Gasteiger partial charge on any atom is 0.317 e. The summed E-state index contributed by atoms with van der Waals surface area (Å²) in [5.74, 6) is -0.687. The molecule has 6 nitrogen and oxygen atoms in total. The fourth-order valence-corrected chi connectivity index (χ4v) is 3.27. The third-order valence-electron chi connectivity index (χ3n) is 4.82. The van der Waals surface area contributed by atoms with Crippen LogP contribution in [-0.4, -0.2) is 53.3 Å². The zero-order valence-electron chi connectivity index (χ0n) is 12.9. The van der Waals surface area contributed by atoms with Crippen LogP contribution in [0.3, 0.4) is 0 Å². The van der Waals surface area contributed by atoms with Gasteiger partial charge in [0.05, 0.1) is 12.0 Å². The van der Waals surface area contributed by atoms with Crippen molar-refractivity contribution < 1.29 is 19.4 Å². The number of hydrogen-bond donors (Lipinski definition) is 2. The molecular weight excluding hydrogens is 272 g/mol. The molecule has 0 bridgehead atoms. The lowest BCUT2D eigenvalue weighted by Crippen LogP contribution is -2.57. The summed E-state index contributed by atoms with van der Waals surface area (Å²) >= 11 is 0. The Labute approximate surface area is 125 Å². The Morgan fingerprint density at radius 1 is 1.33 bits per heavy atom. The molecule has 0 saturated carbocycles. The first kappa shape index (κ1) is 16.1. The van der Waals surface area contributed by atoms with Gasteiger partial charge in [-0.3, -0.25) is 4.79 Å². The van der Waals surface area contributed by atoms with Crippen LogP contribution in [0.4, 0.5) is 4.79 Å². The zero-order valence-corrected chi connectivity index (χ0v) is 12.9. The SMILES string of the molecule is CCC1(CC)CC(NC(=O)N2CC(CC(=O)O)C2)CCO1. The van der Waals surface area contributed by atoms with Crippen molar-refractivity contribution in [1.82, 2.24) is 10.2 Å². The molecule has 2 aliphatic heterocycles. The molecule has 2 amide bonds. The van der Waals surface area contributed by atoms with Crippen LogP contribution in [0.15, 0.2) is 0 Å². The Balaban J connectivity index is 1.77. The Kier molecular flexibility index (Phi) is 5.08. The standard InChI is InChI=1S/C15H26N2O4/c1-3-15(4-2)8-12(5-6-21-15)16-14(20)17-9-11(10-17)7-13(18)19/h11-12H,3-10H2,1-2H3,(H,16,20)(H,18,19). The highest BCUT2D eigenvalue weighted by atomic mass is 16.5. The molecule has 6 heteroatoms. The van der Waals surface area contributed by atoms with E-state index in [4.69, 9.17) is 9.84 Å². The van der Waals surface area contributed by atoms with E-state index in [0.29, 0.717) is 19.7 Å². The number of carboxylic acids is 1. The number of carbonyl (C=O) groups is 2. The van der Waals surface area contributed by atoms with Gasteiger partial charge in [-0.2, -0.15) is 0 Å². The van der Waals surface area contributed by atoms with E-state index in [2.05, 4.69) is 19.2 Å². The zero-order chi connectivity index (χ0) is 15.5. The summed E-state index contributed by atoms with van der Waals surface area (Å²) in [6.45, 7) is 6.04. The van der Waals surface area contributed by atoms with Gasteiger partial charge in [-0.1, -0.05) is 13.8 Å². The highest BCUT2D eigenvalue weighted by Crippen LogP contribution is 2.31. The summed E-state index contributed by atoms with van der Waals surface area (Å²) in [7, 11) is 0. The molecule has 2 rings (SSSR count). The van der Waals surface area contributed by atoms with E-state index in [9.17, 15) is 9.59 Å². The highest BCUT2D eigenvalue weighted by Gasteiger charge is 2.37. The molecule has 2 fully saturated rings.